The number of ether oxygens (including phenoxy) is 1. The summed E-state index contributed by atoms with van der Waals surface area (Å²) >= 11 is 0. The van der Waals surface area contributed by atoms with E-state index < -0.39 is 10.4 Å². The molecular weight excluding hydrogens is 292 g/mol. The van der Waals surface area contributed by atoms with Crippen molar-refractivity contribution >= 4 is 10.4 Å². The molecule has 5 nitrogen and oxygen atoms in total. The molecule has 0 saturated carbocycles. The van der Waals surface area contributed by atoms with Crippen molar-refractivity contribution in [3.8, 4) is 0 Å². The van der Waals surface area contributed by atoms with Crippen molar-refractivity contribution < 1.29 is 22.3 Å². The van der Waals surface area contributed by atoms with Crippen molar-refractivity contribution in [2.45, 2.75) is 71.1 Å². The molecule has 0 aliphatic carbocycles. The highest BCUT2D eigenvalue weighted by atomic mass is 32.3. The standard InChI is InChI=1S/C15H30O.H2O4S/c1-3-5-6-7-8-9-10-11-12-13-15-16-14-4-2;1-5(2,3)4/h4H,2-3,5-15H2,1H3;(H2,1,2,3,4). The summed E-state index contributed by atoms with van der Waals surface area (Å²) in [6.07, 6.45) is 15.7. The van der Waals surface area contributed by atoms with Crippen molar-refractivity contribution in [3.05, 3.63) is 12.7 Å². The number of rotatable bonds is 13. The summed E-state index contributed by atoms with van der Waals surface area (Å²) < 4.78 is 36.9. The first-order valence-corrected chi connectivity index (χ1v) is 9.20. The Balaban J connectivity index is 0. The van der Waals surface area contributed by atoms with Gasteiger partial charge in [0, 0.05) is 6.61 Å². The van der Waals surface area contributed by atoms with Crippen LogP contribution >= 0.6 is 0 Å². The fourth-order valence-electron chi connectivity index (χ4n) is 1.86. The van der Waals surface area contributed by atoms with Crippen LogP contribution in [0.15, 0.2) is 12.7 Å². The van der Waals surface area contributed by atoms with Crippen LogP contribution in [0.4, 0.5) is 0 Å². The van der Waals surface area contributed by atoms with E-state index in [0.29, 0.717) is 6.61 Å². The second-order valence-electron chi connectivity index (χ2n) is 4.99. The van der Waals surface area contributed by atoms with Crippen LogP contribution in [0.5, 0.6) is 0 Å². The molecule has 0 heterocycles. The van der Waals surface area contributed by atoms with Crippen LogP contribution in [0.2, 0.25) is 0 Å². The van der Waals surface area contributed by atoms with Gasteiger partial charge in [-0.1, -0.05) is 70.8 Å². The Morgan fingerprint density at radius 1 is 0.905 bits per heavy atom. The molecule has 0 aromatic rings. The van der Waals surface area contributed by atoms with Gasteiger partial charge in [-0.3, -0.25) is 9.11 Å². The maximum absolute atomic E-state index is 8.74. The lowest BCUT2D eigenvalue weighted by atomic mass is 10.1. The minimum absolute atomic E-state index is 0.706. The largest absolute Gasteiger partial charge is 0.394 e. The second-order valence-corrected chi connectivity index (χ2v) is 5.89. The number of unbranched alkanes of at least 4 members (excludes halogenated alkanes) is 9. The van der Waals surface area contributed by atoms with E-state index in [1.165, 1.54) is 64.2 Å². The fourth-order valence-corrected chi connectivity index (χ4v) is 1.86. The summed E-state index contributed by atoms with van der Waals surface area (Å²) in [5.74, 6) is 0. The van der Waals surface area contributed by atoms with Crippen LogP contribution in [-0.2, 0) is 15.1 Å². The normalized spacial score (nSPS) is 10.8. The maximum Gasteiger partial charge on any atom is 0.394 e. The Bertz CT molecular complexity index is 293. The molecule has 0 spiro atoms. The molecule has 0 aromatic heterocycles. The first-order chi connectivity index (χ1) is 9.91. The zero-order valence-electron chi connectivity index (χ0n) is 13.3. The van der Waals surface area contributed by atoms with Gasteiger partial charge in [0.25, 0.3) is 0 Å². The van der Waals surface area contributed by atoms with E-state index in [-0.39, 0.29) is 0 Å². The molecule has 0 rings (SSSR count). The minimum Gasteiger partial charge on any atom is -0.377 e. The topological polar surface area (TPSA) is 83.8 Å². The quantitative estimate of drug-likeness (QED) is 0.297. The van der Waals surface area contributed by atoms with E-state index in [1.54, 1.807) is 0 Å². The molecule has 0 saturated heterocycles. The van der Waals surface area contributed by atoms with Gasteiger partial charge in [-0.15, -0.1) is 6.58 Å². The summed E-state index contributed by atoms with van der Waals surface area (Å²) in [6, 6.07) is 0. The third kappa shape index (κ3) is 38.2. The highest BCUT2D eigenvalue weighted by Gasteiger charge is 1.92. The van der Waals surface area contributed by atoms with Gasteiger partial charge in [0.05, 0.1) is 6.61 Å². The first kappa shape index (κ1) is 22.8. The van der Waals surface area contributed by atoms with Crippen molar-refractivity contribution in [1.29, 1.82) is 0 Å². The third-order valence-electron chi connectivity index (χ3n) is 2.88. The predicted molar refractivity (Wildman–Crippen MR) is 87.0 cm³/mol. The van der Waals surface area contributed by atoms with Gasteiger partial charge in [-0.05, 0) is 6.42 Å². The molecule has 0 bridgehead atoms. The molecule has 0 atom stereocenters. The summed E-state index contributed by atoms with van der Waals surface area (Å²) in [6.45, 7) is 7.51. The molecule has 0 aliphatic rings. The van der Waals surface area contributed by atoms with Crippen molar-refractivity contribution in [1.82, 2.24) is 0 Å². The number of hydrogen-bond acceptors (Lipinski definition) is 3. The zero-order valence-corrected chi connectivity index (χ0v) is 14.1. The molecule has 2 N–H and O–H groups in total. The molecular formula is C15H32O5S. The van der Waals surface area contributed by atoms with Gasteiger partial charge in [-0.2, -0.15) is 8.42 Å². The Morgan fingerprint density at radius 3 is 1.67 bits per heavy atom. The van der Waals surface area contributed by atoms with Gasteiger partial charge in [0.1, 0.15) is 0 Å². The average Bonchev–Trinajstić information content (AvgIpc) is 2.38. The molecule has 21 heavy (non-hydrogen) atoms. The molecule has 0 amide bonds. The lowest BCUT2D eigenvalue weighted by molar-refractivity contribution is 0.157. The van der Waals surface area contributed by atoms with Gasteiger partial charge in [0.15, 0.2) is 0 Å². The lowest BCUT2D eigenvalue weighted by Crippen LogP contribution is -1.93. The molecule has 0 aliphatic heterocycles. The smallest absolute Gasteiger partial charge is 0.377 e. The van der Waals surface area contributed by atoms with Crippen molar-refractivity contribution in [3.63, 3.8) is 0 Å². The molecule has 6 heteroatoms. The summed E-state index contributed by atoms with van der Waals surface area (Å²) in [4.78, 5) is 0. The summed E-state index contributed by atoms with van der Waals surface area (Å²) in [7, 11) is -4.67. The van der Waals surface area contributed by atoms with Gasteiger partial charge in [0.2, 0.25) is 0 Å². The fraction of sp³-hybridized carbons (Fsp3) is 0.867. The Kier molecular flexibility index (Phi) is 19.2. The third-order valence-corrected chi connectivity index (χ3v) is 2.88. The summed E-state index contributed by atoms with van der Waals surface area (Å²) in [5, 5.41) is 0. The van der Waals surface area contributed by atoms with E-state index in [0.717, 1.165) is 6.61 Å². The SMILES string of the molecule is C=CCOCCCCCCCCCCCC.O=S(=O)(O)O. The maximum atomic E-state index is 8.74. The molecule has 0 aromatic carbocycles. The van der Waals surface area contributed by atoms with Crippen LogP contribution < -0.4 is 0 Å². The molecule has 128 valence electrons. The Labute approximate surface area is 130 Å². The highest BCUT2D eigenvalue weighted by Crippen LogP contribution is 2.10. The predicted octanol–water partition coefficient (Wildman–Crippen LogP) is 4.46. The van der Waals surface area contributed by atoms with Crippen LogP contribution in [0.3, 0.4) is 0 Å². The van der Waals surface area contributed by atoms with E-state index >= 15 is 0 Å². The molecule has 0 unspecified atom stereocenters. The van der Waals surface area contributed by atoms with E-state index in [1.807, 2.05) is 6.08 Å². The van der Waals surface area contributed by atoms with E-state index in [9.17, 15) is 0 Å². The van der Waals surface area contributed by atoms with E-state index in [2.05, 4.69) is 13.5 Å². The Hall–Kier alpha value is -0.430. The van der Waals surface area contributed by atoms with E-state index in [4.69, 9.17) is 22.3 Å². The zero-order chi connectivity index (χ0) is 16.4. The lowest BCUT2D eigenvalue weighted by Gasteiger charge is -2.02. The molecule has 0 fully saturated rings. The van der Waals surface area contributed by atoms with Gasteiger partial charge >= 0.3 is 10.4 Å². The number of hydrogen-bond donors (Lipinski definition) is 2. The van der Waals surface area contributed by atoms with Crippen molar-refractivity contribution in [2.24, 2.45) is 0 Å². The Morgan fingerprint density at radius 2 is 1.29 bits per heavy atom. The summed E-state index contributed by atoms with van der Waals surface area (Å²) in [5.41, 5.74) is 0. The average molecular weight is 324 g/mol. The van der Waals surface area contributed by atoms with Crippen LogP contribution in [0, 0.1) is 0 Å². The van der Waals surface area contributed by atoms with Crippen LogP contribution in [-0.4, -0.2) is 30.7 Å². The first-order valence-electron chi connectivity index (χ1n) is 7.80. The highest BCUT2D eigenvalue weighted by molar-refractivity contribution is 7.79. The van der Waals surface area contributed by atoms with Gasteiger partial charge < -0.3 is 4.74 Å². The van der Waals surface area contributed by atoms with Crippen molar-refractivity contribution in [2.75, 3.05) is 13.2 Å². The van der Waals surface area contributed by atoms with Crippen LogP contribution in [0.25, 0.3) is 0 Å². The van der Waals surface area contributed by atoms with Crippen LogP contribution in [0.1, 0.15) is 71.1 Å². The monoisotopic (exact) mass is 324 g/mol. The van der Waals surface area contributed by atoms with Gasteiger partial charge in [-0.25, -0.2) is 0 Å². The minimum atomic E-state index is -4.67. The second kappa shape index (κ2) is 17.6. The molecule has 0 radical (unpaired) electrons.